The van der Waals surface area contributed by atoms with Gasteiger partial charge in [-0.05, 0) is 12.8 Å². The van der Waals surface area contributed by atoms with Crippen LogP contribution in [0.3, 0.4) is 0 Å². The highest BCUT2D eigenvalue weighted by atomic mass is 32.2. The highest BCUT2D eigenvalue weighted by Gasteiger charge is 2.25. The zero-order chi connectivity index (χ0) is 11.4. The summed E-state index contributed by atoms with van der Waals surface area (Å²) in [6, 6.07) is -0.245. The lowest BCUT2D eigenvalue weighted by Crippen LogP contribution is -2.50. The molecule has 0 radical (unpaired) electrons. The van der Waals surface area contributed by atoms with E-state index in [0.717, 1.165) is 32.5 Å². The second kappa shape index (κ2) is 5.89. The molecule has 5 heteroatoms. The lowest BCUT2D eigenvalue weighted by atomic mass is 10.1. The standard InChI is InChI=1S/C11H21N3OS/c12-10-2-1-3-14(11(10)15)5-4-13-6-8-16-9-7-13/h10H,1-9,12H2. The molecule has 92 valence electrons. The van der Waals surface area contributed by atoms with Crippen molar-refractivity contribution in [2.45, 2.75) is 18.9 Å². The maximum Gasteiger partial charge on any atom is 0.239 e. The van der Waals surface area contributed by atoms with Gasteiger partial charge in [0, 0.05) is 44.2 Å². The molecular formula is C11H21N3OS. The van der Waals surface area contributed by atoms with Crippen LogP contribution in [0, 0.1) is 0 Å². The molecule has 16 heavy (non-hydrogen) atoms. The molecule has 1 unspecified atom stereocenters. The molecule has 0 aromatic rings. The number of carbonyl (C=O) groups excluding carboxylic acids is 1. The molecule has 0 bridgehead atoms. The summed E-state index contributed by atoms with van der Waals surface area (Å²) in [7, 11) is 0. The smallest absolute Gasteiger partial charge is 0.239 e. The Morgan fingerprint density at radius 3 is 2.75 bits per heavy atom. The molecule has 2 rings (SSSR count). The predicted molar refractivity (Wildman–Crippen MR) is 67.6 cm³/mol. The second-order valence-corrected chi connectivity index (χ2v) is 5.75. The Morgan fingerprint density at radius 2 is 2.00 bits per heavy atom. The molecule has 2 N–H and O–H groups in total. The molecule has 1 amide bonds. The van der Waals surface area contributed by atoms with Crippen molar-refractivity contribution in [2.75, 3.05) is 44.2 Å². The number of piperidine rings is 1. The number of amides is 1. The number of hydrogen-bond donors (Lipinski definition) is 1. The van der Waals surface area contributed by atoms with E-state index in [4.69, 9.17) is 5.73 Å². The normalized spacial score (nSPS) is 28.4. The van der Waals surface area contributed by atoms with Gasteiger partial charge in [-0.1, -0.05) is 0 Å². The zero-order valence-electron chi connectivity index (χ0n) is 9.73. The van der Waals surface area contributed by atoms with Crippen molar-refractivity contribution in [3.05, 3.63) is 0 Å². The van der Waals surface area contributed by atoms with Crippen molar-refractivity contribution in [3.63, 3.8) is 0 Å². The molecule has 0 spiro atoms. The fourth-order valence-electron chi connectivity index (χ4n) is 2.28. The first-order valence-corrected chi connectivity index (χ1v) is 7.27. The van der Waals surface area contributed by atoms with Gasteiger partial charge >= 0.3 is 0 Å². The molecule has 0 aliphatic carbocycles. The van der Waals surface area contributed by atoms with Crippen molar-refractivity contribution in [1.29, 1.82) is 0 Å². The quantitative estimate of drug-likeness (QED) is 0.757. The minimum absolute atomic E-state index is 0.151. The third kappa shape index (κ3) is 3.12. The molecule has 2 heterocycles. The number of nitrogens with two attached hydrogens (primary N) is 1. The largest absolute Gasteiger partial charge is 0.340 e. The first-order chi connectivity index (χ1) is 7.77. The van der Waals surface area contributed by atoms with Crippen molar-refractivity contribution in [2.24, 2.45) is 5.73 Å². The summed E-state index contributed by atoms with van der Waals surface area (Å²) in [5.41, 5.74) is 5.77. The third-order valence-electron chi connectivity index (χ3n) is 3.36. The van der Waals surface area contributed by atoms with E-state index in [9.17, 15) is 4.79 Å². The van der Waals surface area contributed by atoms with Crippen LogP contribution >= 0.6 is 11.8 Å². The summed E-state index contributed by atoms with van der Waals surface area (Å²) in [6.45, 7) is 5.10. The van der Waals surface area contributed by atoms with Crippen LogP contribution in [0.1, 0.15) is 12.8 Å². The van der Waals surface area contributed by atoms with Crippen LogP contribution in [-0.2, 0) is 4.79 Å². The Balaban J connectivity index is 1.73. The Kier molecular flexibility index (Phi) is 4.49. The average Bonchev–Trinajstić information content (AvgIpc) is 2.32. The molecule has 0 aromatic carbocycles. The van der Waals surface area contributed by atoms with Gasteiger partial charge in [-0.3, -0.25) is 9.69 Å². The van der Waals surface area contributed by atoms with Crippen LogP contribution in [-0.4, -0.2) is 66.0 Å². The number of thioether (sulfide) groups is 1. The van der Waals surface area contributed by atoms with Crippen molar-refractivity contribution < 1.29 is 4.79 Å². The topological polar surface area (TPSA) is 49.6 Å². The molecule has 2 fully saturated rings. The summed E-state index contributed by atoms with van der Waals surface area (Å²) in [5, 5.41) is 0. The van der Waals surface area contributed by atoms with Crippen LogP contribution in [0.4, 0.5) is 0 Å². The molecule has 2 saturated heterocycles. The Bertz CT molecular complexity index is 243. The van der Waals surface area contributed by atoms with Gasteiger partial charge in [-0.2, -0.15) is 11.8 Å². The number of nitrogens with zero attached hydrogens (tertiary/aromatic N) is 2. The first-order valence-electron chi connectivity index (χ1n) is 6.12. The number of rotatable bonds is 3. The highest BCUT2D eigenvalue weighted by molar-refractivity contribution is 7.99. The van der Waals surface area contributed by atoms with Gasteiger partial charge < -0.3 is 10.6 Å². The SMILES string of the molecule is NC1CCCN(CCN2CCSCC2)C1=O. The van der Waals surface area contributed by atoms with E-state index in [-0.39, 0.29) is 11.9 Å². The predicted octanol–water partition coefficient (Wildman–Crippen LogP) is -0.0151. The molecular weight excluding hydrogens is 222 g/mol. The minimum Gasteiger partial charge on any atom is -0.340 e. The monoisotopic (exact) mass is 243 g/mol. The minimum atomic E-state index is -0.245. The molecule has 4 nitrogen and oxygen atoms in total. The van der Waals surface area contributed by atoms with E-state index in [1.807, 2.05) is 16.7 Å². The van der Waals surface area contributed by atoms with Crippen molar-refractivity contribution >= 4 is 17.7 Å². The molecule has 2 aliphatic rings. The Hall–Kier alpha value is -0.260. The Labute approximate surface area is 102 Å². The van der Waals surface area contributed by atoms with E-state index in [1.165, 1.54) is 24.6 Å². The summed E-state index contributed by atoms with van der Waals surface area (Å²) < 4.78 is 0. The molecule has 0 saturated carbocycles. The van der Waals surface area contributed by atoms with Crippen molar-refractivity contribution in [3.8, 4) is 0 Å². The highest BCUT2D eigenvalue weighted by Crippen LogP contribution is 2.12. The molecule has 1 atom stereocenters. The Morgan fingerprint density at radius 1 is 1.25 bits per heavy atom. The second-order valence-electron chi connectivity index (χ2n) is 4.53. The molecule has 2 aliphatic heterocycles. The lowest BCUT2D eigenvalue weighted by Gasteiger charge is -2.33. The van der Waals surface area contributed by atoms with Gasteiger partial charge in [0.15, 0.2) is 0 Å². The van der Waals surface area contributed by atoms with Gasteiger partial charge in [-0.15, -0.1) is 0 Å². The molecule has 0 aromatic heterocycles. The van der Waals surface area contributed by atoms with Gasteiger partial charge in [0.25, 0.3) is 0 Å². The third-order valence-corrected chi connectivity index (χ3v) is 4.30. The average molecular weight is 243 g/mol. The van der Waals surface area contributed by atoms with Crippen LogP contribution in [0.25, 0.3) is 0 Å². The summed E-state index contributed by atoms with van der Waals surface area (Å²) in [6.07, 6.45) is 1.92. The summed E-state index contributed by atoms with van der Waals surface area (Å²) in [5.74, 6) is 2.61. The van der Waals surface area contributed by atoms with Gasteiger partial charge in [-0.25, -0.2) is 0 Å². The van der Waals surface area contributed by atoms with Gasteiger partial charge in [0.1, 0.15) is 0 Å². The summed E-state index contributed by atoms with van der Waals surface area (Å²) in [4.78, 5) is 16.2. The van der Waals surface area contributed by atoms with Crippen molar-refractivity contribution in [1.82, 2.24) is 9.80 Å². The first kappa shape index (κ1) is 12.2. The van der Waals surface area contributed by atoms with Gasteiger partial charge in [0.2, 0.25) is 5.91 Å². The summed E-state index contributed by atoms with van der Waals surface area (Å²) >= 11 is 2.02. The maximum absolute atomic E-state index is 11.8. The van der Waals surface area contributed by atoms with Crippen LogP contribution in [0.5, 0.6) is 0 Å². The van der Waals surface area contributed by atoms with Crippen LogP contribution in [0.15, 0.2) is 0 Å². The number of hydrogen-bond acceptors (Lipinski definition) is 4. The van der Waals surface area contributed by atoms with Crippen LogP contribution in [0.2, 0.25) is 0 Å². The van der Waals surface area contributed by atoms with Crippen LogP contribution < -0.4 is 5.73 Å². The van der Waals surface area contributed by atoms with E-state index < -0.39 is 0 Å². The fourth-order valence-corrected chi connectivity index (χ4v) is 3.26. The van der Waals surface area contributed by atoms with Gasteiger partial charge in [0.05, 0.1) is 6.04 Å². The number of likely N-dealkylation sites (tertiary alicyclic amines) is 1. The lowest BCUT2D eigenvalue weighted by molar-refractivity contribution is -0.135. The fraction of sp³-hybridized carbons (Fsp3) is 0.909. The number of carbonyl (C=O) groups is 1. The van der Waals surface area contributed by atoms with E-state index in [1.54, 1.807) is 0 Å². The van der Waals surface area contributed by atoms with E-state index in [0.29, 0.717) is 0 Å². The maximum atomic E-state index is 11.8. The zero-order valence-corrected chi connectivity index (χ0v) is 10.5. The van der Waals surface area contributed by atoms with E-state index >= 15 is 0 Å². The van der Waals surface area contributed by atoms with E-state index in [2.05, 4.69) is 4.90 Å².